The third kappa shape index (κ3) is 4.06. The summed E-state index contributed by atoms with van der Waals surface area (Å²) in [6, 6.07) is 19.9. The van der Waals surface area contributed by atoms with Crippen LogP contribution in [0.4, 0.5) is 0 Å². The van der Waals surface area contributed by atoms with Crippen molar-refractivity contribution in [3.63, 3.8) is 0 Å². The maximum absolute atomic E-state index is 11.8. The Bertz CT molecular complexity index is 1060. The van der Waals surface area contributed by atoms with Gasteiger partial charge >= 0.3 is 0 Å². The fourth-order valence-electron chi connectivity index (χ4n) is 3.88. The van der Waals surface area contributed by atoms with Crippen LogP contribution in [0.2, 0.25) is 0 Å². The number of ether oxygens (including phenoxy) is 2. The van der Waals surface area contributed by atoms with E-state index in [1.54, 1.807) is 13.1 Å². The molecule has 0 aliphatic carbocycles. The second kappa shape index (κ2) is 8.22. The second-order valence-electron chi connectivity index (χ2n) is 7.30. The molecule has 0 spiro atoms. The lowest BCUT2D eigenvalue weighted by Crippen LogP contribution is -2.34. The van der Waals surface area contributed by atoms with Crippen LogP contribution in [0.1, 0.15) is 34.7 Å². The summed E-state index contributed by atoms with van der Waals surface area (Å²) < 4.78 is 14.7. The van der Waals surface area contributed by atoms with E-state index in [-0.39, 0.29) is 11.5 Å². The minimum Gasteiger partial charge on any atom is -0.342 e. The van der Waals surface area contributed by atoms with E-state index in [1.165, 1.54) is 27.4 Å². The number of rotatable bonds is 5. The Hall–Kier alpha value is -2.28. The van der Waals surface area contributed by atoms with Gasteiger partial charge in [-0.2, -0.15) is 5.10 Å². The summed E-state index contributed by atoms with van der Waals surface area (Å²) in [6.45, 7) is 3.10. The van der Waals surface area contributed by atoms with Gasteiger partial charge < -0.3 is 9.47 Å². The van der Waals surface area contributed by atoms with Crippen molar-refractivity contribution < 1.29 is 9.47 Å². The van der Waals surface area contributed by atoms with Gasteiger partial charge in [-0.1, -0.05) is 52.3 Å². The van der Waals surface area contributed by atoms with Crippen molar-refractivity contribution >= 4 is 15.9 Å². The fourth-order valence-corrected chi connectivity index (χ4v) is 4.14. The Morgan fingerprint density at radius 1 is 1.07 bits per heavy atom. The van der Waals surface area contributed by atoms with Crippen molar-refractivity contribution in [1.29, 1.82) is 0 Å². The topological polar surface area (TPSA) is 53.4 Å². The lowest BCUT2D eigenvalue weighted by Gasteiger charge is -2.32. The van der Waals surface area contributed by atoms with Crippen molar-refractivity contribution in [3.8, 4) is 0 Å². The van der Waals surface area contributed by atoms with Crippen LogP contribution in [0.5, 0.6) is 0 Å². The Morgan fingerprint density at radius 3 is 2.41 bits per heavy atom. The lowest BCUT2D eigenvalue weighted by molar-refractivity contribution is -0.176. The fraction of sp³-hybridized carbons (Fsp3) is 0.304. The van der Waals surface area contributed by atoms with Crippen LogP contribution >= 0.6 is 15.9 Å². The van der Waals surface area contributed by atoms with Gasteiger partial charge in [0.1, 0.15) is 5.69 Å². The van der Waals surface area contributed by atoms with E-state index in [9.17, 15) is 4.79 Å². The largest absolute Gasteiger partial charge is 0.342 e. The van der Waals surface area contributed by atoms with Gasteiger partial charge in [0.25, 0.3) is 5.56 Å². The number of halogens is 1. The molecular formula is C23H23BrN2O3. The molecular weight excluding hydrogens is 432 g/mol. The number of aromatic nitrogens is 2. The van der Waals surface area contributed by atoms with Crippen LogP contribution < -0.4 is 5.56 Å². The molecule has 150 valence electrons. The number of nitrogens with zero attached hydrogens (tertiary/aromatic N) is 2. The highest BCUT2D eigenvalue weighted by Crippen LogP contribution is 2.43. The van der Waals surface area contributed by atoms with Gasteiger partial charge in [-0.15, -0.1) is 0 Å². The maximum Gasteiger partial charge on any atom is 0.266 e. The predicted molar refractivity (Wildman–Crippen MR) is 115 cm³/mol. The van der Waals surface area contributed by atoms with Crippen molar-refractivity contribution in [2.45, 2.75) is 25.0 Å². The molecule has 1 atom stereocenters. The third-order valence-electron chi connectivity index (χ3n) is 5.41. The molecule has 3 aromatic rings. The van der Waals surface area contributed by atoms with E-state index in [0.717, 1.165) is 4.47 Å². The van der Waals surface area contributed by atoms with E-state index in [1.807, 2.05) is 18.2 Å². The maximum atomic E-state index is 11.8. The van der Waals surface area contributed by atoms with Crippen molar-refractivity contribution in [2.24, 2.45) is 7.05 Å². The van der Waals surface area contributed by atoms with E-state index >= 15 is 0 Å². The SMILES string of the molecule is Cc1ccccc1C(CC1(c2ccc(=O)n(C)n2)OCCO1)c1ccc(Br)cc1. The first-order valence-electron chi connectivity index (χ1n) is 9.62. The Morgan fingerprint density at radius 2 is 1.76 bits per heavy atom. The number of benzene rings is 2. The van der Waals surface area contributed by atoms with Crippen LogP contribution in [0, 0.1) is 6.92 Å². The molecule has 0 bridgehead atoms. The van der Waals surface area contributed by atoms with Crippen LogP contribution in [-0.4, -0.2) is 23.0 Å². The molecule has 29 heavy (non-hydrogen) atoms. The minimum absolute atomic E-state index is 0.0430. The molecule has 0 amide bonds. The summed E-state index contributed by atoms with van der Waals surface area (Å²) in [5, 5.41) is 4.45. The quantitative estimate of drug-likeness (QED) is 0.577. The molecule has 1 aliphatic heterocycles. The third-order valence-corrected chi connectivity index (χ3v) is 5.94. The number of hydrogen-bond donors (Lipinski definition) is 0. The highest BCUT2D eigenvalue weighted by Gasteiger charge is 2.43. The summed E-state index contributed by atoms with van der Waals surface area (Å²) in [7, 11) is 1.64. The van der Waals surface area contributed by atoms with Crippen molar-refractivity contribution in [1.82, 2.24) is 9.78 Å². The standard InChI is InChI=1S/C23H23BrN2O3/c1-16-5-3-4-6-19(16)20(17-7-9-18(24)10-8-17)15-23(28-13-14-29-23)21-11-12-22(27)26(2)25-21/h3-12,20H,13-15H2,1-2H3. The Balaban J connectivity index is 1.81. The molecule has 1 aliphatic rings. The van der Waals surface area contributed by atoms with Crippen LogP contribution in [0.15, 0.2) is 69.9 Å². The van der Waals surface area contributed by atoms with Gasteiger partial charge in [0.05, 0.1) is 13.2 Å². The molecule has 2 heterocycles. The first kappa shape index (κ1) is 20.0. The van der Waals surface area contributed by atoms with E-state index < -0.39 is 5.79 Å². The molecule has 4 rings (SSSR count). The Kier molecular flexibility index (Phi) is 5.67. The van der Waals surface area contributed by atoms with Crippen LogP contribution in [0.3, 0.4) is 0 Å². The number of hydrogen-bond acceptors (Lipinski definition) is 4. The number of aryl methyl sites for hydroxylation is 2. The Labute approximate surface area is 178 Å². The van der Waals surface area contributed by atoms with E-state index in [4.69, 9.17) is 9.47 Å². The summed E-state index contributed by atoms with van der Waals surface area (Å²) in [5.41, 5.74) is 4.06. The molecule has 0 N–H and O–H groups in total. The van der Waals surface area contributed by atoms with E-state index in [0.29, 0.717) is 25.3 Å². The summed E-state index contributed by atoms with van der Waals surface area (Å²) in [4.78, 5) is 11.8. The highest BCUT2D eigenvalue weighted by atomic mass is 79.9. The van der Waals surface area contributed by atoms with Gasteiger partial charge in [-0.05, 0) is 41.8 Å². The second-order valence-corrected chi connectivity index (χ2v) is 8.21. The van der Waals surface area contributed by atoms with Crippen molar-refractivity contribution in [3.05, 3.63) is 97.9 Å². The molecule has 2 aromatic carbocycles. The zero-order chi connectivity index (χ0) is 20.4. The monoisotopic (exact) mass is 454 g/mol. The molecule has 0 saturated carbocycles. The van der Waals surface area contributed by atoms with E-state index in [2.05, 4.69) is 58.3 Å². The van der Waals surface area contributed by atoms with Crippen LogP contribution in [0.25, 0.3) is 0 Å². The minimum atomic E-state index is -0.995. The zero-order valence-electron chi connectivity index (χ0n) is 16.5. The highest BCUT2D eigenvalue weighted by molar-refractivity contribution is 9.10. The zero-order valence-corrected chi connectivity index (χ0v) is 18.1. The average molecular weight is 455 g/mol. The molecule has 1 saturated heterocycles. The van der Waals surface area contributed by atoms with Gasteiger partial charge in [0.2, 0.25) is 5.79 Å². The normalized spacial score (nSPS) is 16.7. The first-order chi connectivity index (χ1) is 14.0. The molecule has 0 radical (unpaired) electrons. The summed E-state index contributed by atoms with van der Waals surface area (Å²) >= 11 is 3.52. The van der Waals surface area contributed by atoms with Crippen molar-refractivity contribution in [2.75, 3.05) is 13.2 Å². The first-order valence-corrected chi connectivity index (χ1v) is 10.4. The molecule has 5 nitrogen and oxygen atoms in total. The summed E-state index contributed by atoms with van der Waals surface area (Å²) in [5.74, 6) is -0.952. The van der Waals surface area contributed by atoms with Gasteiger partial charge in [0.15, 0.2) is 0 Å². The molecule has 1 fully saturated rings. The molecule has 1 aromatic heterocycles. The average Bonchev–Trinajstić information content (AvgIpc) is 3.19. The van der Waals surface area contributed by atoms with Gasteiger partial charge in [0, 0.05) is 29.9 Å². The summed E-state index contributed by atoms with van der Waals surface area (Å²) in [6.07, 6.45) is 0.560. The lowest BCUT2D eigenvalue weighted by atomic mass is 9.82. The molecule has 6 heteroatoms. The van der Waals surface area contributed by atoms with Gasteiger partial charge in [-0.3, -0.25) is 4.79 Å². The smallest absolute Gasteiger partial charge is 0.266 e. The van der Waals surface area contributed by atoms with Crippen LogP contribution in [-0.2, 0) is 22.3 Å². The molecule has 1 unspecified atom stereocenters. The predicted octanol–water partition coefficient (Wildman–Crippen LogP) is 4.27. The van der Waals surface area contributed by atoms with Gasteiger partial charge in [-0.25, -0.2) is 4.68 Å².